The molecule has 2 atom stereocenters. The van der Waals surface area contributed by atoms with Crippen LogP contribution in [0.25, 0.3) is 10.9 Å². The fourth-order valence-corrected chi connectivity index (χ4v) is 5.19. The molecule has 1 N–H and O–H groups in total. The molecule has 2 aliphatic heterocycles. The quantitative estimate of drug-likeness (QED) is 0.540. The lowest BCUT2D eigenvalue weighted by molar-refractivity contribution is 0.102. The zero-order valence-corrected chi connectivity index (χ0v) is 16.5. The second-order valence-electron chi connectivity index (χ2n) is 7.30. The van der Waals surface area contributed by atoms with E-state index in [0.717, 1.165) is 47.2 Å². The molecule has 0 aliphatic carbocycles. The predicted octanol–water partition coefficient (Wildman–Crippen LogP) is 4.71. The van der Waals surface area contributed by atoms with Crippen LogP contribution in [0.4, 0.5) is 0 Å². The standard InChI is InChI=1S/C22H19N5OS/c1-2-7-14(8-3-1)20-19(16-13-23-17-10-5-4-9-15(16)17)26-27-21(18-11-6-12-28-18)24-25-22(27)29-20/h1-5,7-10,13,18,20,23H,6,11-12H2/t18-,20-/m1/s1. The van der Waals surface area contributed by atoms with E-state index < -0.39 is 0 Å². The van der Waals surface area contributed by atoms with E-state index >= 15 is 0 Å². The average Bonchev–Trinajstić information content (AvgIpc) is 3.52. The Morgan fingerprint density at radius 2 is 1.90 bits per heavy atom. The maximum Gasteiger partial charge on any atom is 0.213 e. The van der Waals surface area contributed by atoms with Gasteiger partial charge in [-0.1, -0.05) is 60.3 Å². The maximum absolute atomic E-state index is 5.86. The molecule has 0 bridgehead atoms. The number of H-pyrrole nitrogens is 1. The zero-order valence-electron chi connectivity index (χ0n) is 15.7. The van der Waals surface area contributed by atoms with E-state index in [0.29, 0.717) is 0 Å². The van der Waals surface area contributed by atoms with Crippen molar-refractivity contribution in [3.63, 3.8) is 0 Å². The van der Waals surface area contributed by atoms with Gasteiger partial charge in [-0.3, -0.25) is 0 Å². The second-order valence-corrected chi connectivity index (χ2v) is 8.37. The number of hydrogen-bond acceptors (Lipinski definition) is 5. The molecule has 0 saturated carbocycles. The molecular weight excluding hydrogens is 382 g/mol. The van der Waals surface area contributed by atoms with Crippen LogP contribution in [0.5, 0.6) is 0 Å². The summed E-state index contributed by atoms with van der Waals surface area (Å²) in [6, 6.07) is 18.8. The molecule has 0 unspecified atom stereocenters. The highest BCUT2D eigenvalue weighted by atomic mass is 32.2. The lowest BCUT2D eigenvalue weighted by Crippen LogP contribution is -2.19. The van der Waals surface area contributed by atoms with Gasteiger partial charge >= 0.3 is 0 Å². The van der Waals surface area contributed by atoms with E-state index in [1.165, 1.54) is 10.9 Å². The van der Waals surface area contributed by atoms with Crippen LogP contribution in [0.3, 0.4) is 0 Å². The number of ether oxygens (including phenoxy) is 1. The van der Waals surface area contributed by atoms with Crippen molar-refractivity contribution in [1.82, 2.24) is 19.9 Å². The minimum Gasteiger partial charge on any atom is -0.370 e. The average molecular weight is 401 g/mol. The number of hydrogen-bond donors (Lipinski definition) is 1. The molecule has 0 spiro atoms. The molecule has 144 valence electrons. The molecule has 29 heavy (non-hydrogen) atoms. The lowest BCUT2D eigenvalue weighted by Gasteiger charge is -2.24. The summed E-state index contributed by atoms with van der Waals surface area (Å²) in [4.78, 5) is 3.39. The Balaban J connectivity index is 1.54. The molecule has 0 amide bonds. The smallest absolute Gasteiger partial charge is 0.213 e. The van der Waals surface area contributed by atoms with Gasteiger partial charge in [-0.05, 0) is 24.5 Å². The summed E-state index contributed by atoms with van der Waals surface area (Å²) in [7, 11) is 0. The summed E-state index contributed by atoms with van der Waals surface area (Å²) in [5, 5.41) is 16.0. The molecule has 2 aliphatic rings. The van der Waals surface area contributed by atoms with E-state index in [9.17, 15) is 0 Å². The van der Waals surface area contributed by atoms with Crippen molar-refractivity contribution in [3.8, 4) is 0 Å². The predicted molar refractivity (Wildman–Crippen MR) is 113 cm³/mol. The largest absolute Gasteiger partial charge is 0.370 e. The normalized spacial score (nSPS) is 21.3. The molecule has 7 heteroatoms. The first-order valence-electron chi connectivity index (χ1n) is 9.82. The van der Waals surface area contributed by atoms with Gasteiger partial charge in [-0.2, -0.15) is 9.78 Å². The van der Waals surface area contributed by atoms with E-state index in [1.54, 1.807) is 11.8 Å². The first-order valence-corrected chi connectivity index (χ1v) is 10.7. The van der Waals surface area contributed by atoms with E-state index in [-0.39, 0.29) is 11.4 Å². The Morgan fingerprint density at radius 1 is 1.03 bits per heavy atom. The van der Waals surface area contributed by atoms with Crippen LogP contribution in [0.15, 0.2) is 71.1 Å². The number of fused-ring (bicyclic) bond motifs is 2. The van der Waals surface area contributed by atoms with Crippen LogP contribution in [0, 0.1) is 0 Å². The topological polar surface area (TPSA) is 68.1 Å². The van der Waals surface area contributed by atoms with Gasteiger partial charge in [0, 0.05) is 29.3 Å². The van der Waals surface area contributed by atoms with Crippen molar-refractivity contribution < 1.29 is 4.74 Å². The molecule has 2 aromatic carbocycles. The summed E-state index contributed by atoms with van der Waals surface area (Å²) in [6.45, 7) is 0.770. The monoisotopic (exact) mass is 401 g/mol. The Labute approximate surface area is 172 Å². The number of rotatable bonds is 3. The number of benzene rings is 2. The molecular formula is C22H19N5OS. The van der Waals surface area contributed by atoms with Crippen LogP contribution in [-0.4, -0.2) is 32.2 Å². The lowest BCUT2D eigenvalue weighted by atomic mass is 10.0. The van der Waals surface area contributed by atoms with Crippen LogP contribution in [0.1, 0.15) is 41.1 Å². The van der Waals surface area contributed by atoms with Gasteiger partial charge in [-0.25, -0.2) is 0 Å². The SMILES string of the molecule is c1ccc([C@H]2Sc3nnc([C@H]4CCCO4)n3N=C2c2c[nH]c3ccccc23)cc1. The van der Waals surface area contributed by atoms with Gasteiger partial charge in [-0.15, -0.1) is 10.2 Å². The fraction of sp³-hybridized carbons (Fsp3) is 0.227. The number of thioether (sulfide) groups is 1. The number of nitrogens with one attached hydrogen (secondary N) is 1. The highest BCUT2D eigenvalue weighted by Crippen LogP contribution is 2.43. The van der Waals surface area contributed by atoms with Gasteiger partial charge in [0.1, 0.15) is 6.10 Å². The molecule has 1 fully saturated rings. The first kappa shape index (κ1) is 17.0. The third kappa shape index (κ3) is 2.81. The van der Waals surface area contributed by atoms with E-state index in [4.69, 9.17) is 9.84 Å². The van der Waals surface area contributed by atoms with Gasteiger partial charge in [0.2, 0.25) is 5.16 Å². The minimum absolute atomic E-state index is 0.0295. The van der Waals surface area contributed by atoms with Crippen molar-refractivity contribution >= 4 is 28.4 Å². The zero-order chi connectivity index (χ0) is 19.2. The number of aromatic amines is 1. The molecule has 6 rings (SSSR count). The summed E-state index contributed by atoms with van der Waals surface area (Å²) in [5.74, 6) is 0.800. The van der Waals surface area contributed by atoms with E-state index in [2.05, 4.69) is 63.8 Å². The van der Waals surface area contributed by atoms with Crippen LogP contribution in [0.2, 0.25) is 0 Å². The fourth-order valence-electron chi connectivity index (χ4n) is 4.08. The Hall–Kier alpha value is -2.90. The molecule has 1 saturated heterocycles. The van der Waals surface area contributed by atoms with Crippen molar-refractivity contribution in [2.45, 2.75) is 29.4 Å². The van der Waals surface area contributed by atoms with Crippen molar-refractivity contribution in [2.24, 2.45) is 5.10 Å². The summed E-state index contributed by atoms with van der Waals surface area (Å²) < 4.78 is 7.75. The molecule has 2 aromatic heterocycles. The van der Waals surface area contributed by atoms with Crippen LogP contribution in [-0.2, 0) is 4.74 Å². The summed E-state index contributed by atoms with van der Waals surface area (Å²) in [5.41, 5.74) is 4.43. The number of nitrogens with zero attached hydrogens (tertiary/aromatic N) is 4. The molecule has 4 aromatic rings. The van der Waals surface area contributed by atoms with Gasteiger partial charge in [0.15, 0.2) is 5.82 Å². The Morgan fingerprint density at radius 3 is 2.76 bits per heavy atom. The Bertz CT molecular complexity index is 1210. The third-order valence-electron chi connectivity index (χ3n) is 5.50. The van der Waals surface area contributed by atoms with Crippen molar-refractivity contribution in [2.75, 3.05) is 6.61 Å². The van der Waals surface area contributed by atoms with Gasteiger partial charge < -0.3 is 9.72 Å². The van der Waals surface area contributed by atoms with Gasteiger partial charge in [0.25, 0.3) is 0 Å². The molecule has 6 nitrogen and oxygen atoms in total. The molecule has 0 radical (unpaired) electrons. The van der Waals surface area contributed by atoms with Crippen molar-refractivity contribution in [3.05, 3.63) is 77.7 Å². The number of aromatic nitrogens is 4. The maximum atomic E-state index is 5.86. The Kier molecular flexibility index (Phi) is 4.02. The highest BCUT2D eigenvalue weighted by Gasteiger charge is 2.33. The number of para-hydroxylation sites is 1. The first-order chi connectivity index (χ1) is 14.4. The highest BCUT2D eigenvalue weighted by molar-refractivity contribution is 8.00. The van der Waals surface area contributed by atoms with Crippen LogP contribution < -0.4 is 0 Å². The summed E-state index contributed by atoms with van der Waals surface area (Å²) >= 11 is 1.69. The molecule has 4 heterocycles. The van der Waals surface area contributed by atoms with Gasteiger partial charge in [0.05, 0.1) is 11.0 Å². The second kappa shape index (κ2) is 6.86. The van der Waals surface area contributed by atoms with E-state index in [1.807, 2.05) is 16.8 Å². The third-order valence-corrected chi connectivity index (χ3v) is 6.70. The summed E-state index contributed by atoms with van der Waals surface area (Å²) in [6.07, 6.45) is 4.04. The van der Waals surface area contributed by atoms with Crippen LogP contribution >= 0.6 is 11.8 Å². The minimum atomic E-state index is -0.0295. The van der Waals surface area contributed by atoms with Crippen molar-refractivity contribution in [1.29, 1.82) is 0 Å².